The van der Waals surface area contributed by atoms with E-state index < -0.39 is 6.10 Å². The third-order valence-corrected chi connectivity index (χ3v) is 4.14. The summed E-state index contributed by atoms with van der Waals surface area (Å²) in [6.45, 7) is 3.31. The van der Waals surface area contributed by atoms with E-state index in [0.29, 0.717) is 24.6 Å². The minimum Gasteiger partial charge on any atom is -0.390 e. The number of aliphatic hydroxyl groups is 1. The molecule has 0 unspecified atom stereocenters. The molecule has 1 atom stereocenters. The fourth-order valence-corrected chi connectivity index (χ4v) is 3.08. The molecule has 0 aromatic carbocycles. The number of hydrogen-bond donors (Lipinski definition) is 4. The van der Waals surface area contributed by atoms with Crippen LogP contribution >= 0.6 is 0 Å². The van der Waals surface area contributed by atoms with E-state index in [4.69, 9.17) is 5.73 Å². The number of aromatic nitrogens is 6. The second-order valence-electron chi connectivity index (χ2n) is 5.95. The van der Waals surface area contributed by atoms with Crippen LogP contribution < -0.4 is 10.6 Å². The minimum atomic E-state index is -0.492. The van der Waals surface area contributed by atoms with E-state index >= 15 is 0 Å². The number of nitrogens with one attached hydrogen (secondary N) is 2. The zero-order valence-electron chi connectivity index (χ0n) is 13.1. The van der Waals surface area contributed by atoms with Crippen molar-refractivity contribution in [2.45, 2.75) is 12.6 Å². The molecule has 1 aliphatic rings. The molecule has 0 radical (unpaired) electrons. The average Bonchev–Trinajstić information content (AvgIpc) is 3.17. The van der Waals surface area contributed by atoms with Gasteiger partial charge in [0.25, 0.3) is 0 Å². The molecule has 3 aromatic heterocycles. The molecule has 3 aromatic rings. The zero-order valence-corrected chi connectivity index (χ0v) is 13.1. The van der Waals surface area contributed by atoms with E-state index in [1.807, 2.05) is 4.90 Å². The van der Waals surface area contributed by atoms with Crippen molar-refractivity contribution in [2.24, 2.45) is 0 Å². The van der Waals surface area contributed by atoms with Gasteiger partial charge in [0.15, 0.2) is 5.65 Å². The largest absolute Gasteiger partial charge is 0.390 e. The first-order valence-corrected chi connectivity index (χ1v) is 7.78. The van der Waals surface area contributed by atoms with Crippen LogP contribution in [-0.4, -0.2) is 72.4 Å². The summed E-state index contributed by atoms with van der Waals surface area (Å²) in [6.07, 6.45) is 4.65. The lowest BCUT2D eigenvalue weighted by molar-refractivity contribution is 0.128. The first kappa shape index (κ1) is 14.8. The maximum Gasteiger partial charge on any atom is 0.224 e. The number of nitrogens with zero attached hydrogens (tertiary/aromatic N) is 6. The minimum absolute atomic E-state index is 0.190. The molecule has 1 fully saturated rings. The molecule has 126 valence electrons. The topological polar surface area (TPSA) is 136 Å². The van der Waals surface area contributed by atoms with Crippen LogP contribution in [0, 0.1) is 0 Å². The fourth-order valence-electron chi connectivity index (χ4n) is 3.08. The SMILES string of the molecule is Nc1nc(N2CCN(Cc3cnc[nH]3)C[C@H](O)C2)c2cn[nH]c2n1. The van der Waals surface area contributed by atoms with Crippen LogP contribution in [0.15, 0.2) is 18.7 Å². The van der Waals surface area contributed by atoms with Crippen molar-refractivity contribution < 1.29 is 5.11 Å². The summed E-state index contributed by atoms with van der Waals surface area (Å²) < 4.78 is 0. The third-order valence-electron chi connectivity index (χ3n) is 4.14. The highest BCUT2D eigenvalue weighted by molar-refractivity contribution is 5.87. The van der Waals surface area contributed by atoms with Crippen LogP contribution in [0.1, 0.15) is 5.69 Å². The standard InChI is InChI=1S/C14H19N9O/c15-14-19-12-11(4-18-21-12)13(20-14)23-2-1-22(6-10(24)7-23)5-9-3-16-8-17-9/h3-4,8,10,24H,1-2,5-7H2,(H,16,17)(H3,15,18,19,20,21)/t10-/m0/s1. The molecule has 10 heteroatoms. The molecule has 0 aliphatic carbocycles. The van der Waals surface area contributed by atoms with Crippen molar-refractivity contribution in [3.63, 3.8) is 0 Å². The number of aliphatic hydroxyl groups excluding tert-OH is 1. The smallest absolute Gasteiger partial charge is 0.224 e. The van der Waals surface area contributed by atoms with Crippen molar-refractivity contribution in [3.05, 3.63) is 24.4 Å². The van der Waals surface area contributed by atoms with Gasteiger partial charge in [-0.05, 0) is 0 Å². The summed E-state index contributed by atoms with van der Waals surface area (Å²) in [6, 6.07) is 0. The number of H-pyrrole nitrogens is 2. The summed E-state index contributed by atoms with van der Waals surface area (Å²) in [7, 11) is 0. The normalized spacial score (nSPS) is 19.7. The van der Waals surface area contributed by atoms with E-state index in [-0.39, 0.29) is 5.95 Å². The maximum atomic E-state index is 10.4. The molecule has 0 bridgehead atoms. The Morgan fingerprint density at radius 1 is 1.25 bits per heavy atom. The Labute approximate surface area is 137 Å². The number of fused-ring (bicyclic) bond motifs is 1. The number of rotatable bonds is 3. The molecule has 24 heavy (non-hydrogen) atoms. The molecule has 0 saturated carbocycles. The molecular weight excluding hydrogens is 310 g/mol. The highest BCUT2D eigenvalue weighted by Gasteiger charge is 2.24. The molecule has 5 N–H and O–H groups in total. The monoisotopic (exact) mass is 329 g/mol. The number of β-amino-alcohol motifs (C(OH)–C–C–N with tert-alkyl or cyclic N) is 1. The van der Waals surface area contributed by atoms with Crippen molar-refractivity contribution >= 4 is 22.8 Å². The van der Waals surface area contributed by atoms with Crippen LogP contribution in [0.25, 0.3) is 11.0 Å². The molecule has 4 heterocycles. The number of aromatic amines is 2. The van der Waals surface area contributed by atoms with Gasteiger partial charge in [-0.1, -0.05) is 0 Å². The van der Waals surface area contributed by atoms with Crippen LogP contribution in [-0.2, 0) is 6.54 Å². The van der Waals surface area contributed by atoms with E-state index in [1.165, 1.54) is 0 Å². The number of imidazole rings is 1. The maximum absolute atomic E-state index is 10.4. The van der Waals surface area contributed by atoms with Crippen molar-refractivity contribution in [1.82, 2.24) is 35.0 Å². The van der Waals surface area contributed by atoms with E-state index in [2.05, 4.69) is 35.0 Å². The van der Waals surface area contributed by atoms with E-state index in [0.717, 1.165) is 30.7 Å². The third kappa shape index (κ3) is 2.88. The predicted octanol–water partition coefficient (Wildman–Crippen LogP) is -0.659. The molecule has 1 saturated heterocycles. The van der Waals surface area contributed by atoms with Gasteiger partial charge in [-0.25, -0.2) is 4.98 Å². The fraction of sp³-hybridized carbons (Fsp3) is 0.429. The molecule has 1 aliphatic heterocycles. The number of anilines is 2. The molecule has 0 spiro atoms. The van der Waals surface area contributed by atoms with Crippen LogP contribution in [0.2, 0.25) is 0 Å². The van der Waals surface area contributed by atoms with Crippen LogP contribution in [0.3, 0.4) is 0 Å². The van der Waals surface area contributed by atoms with Gasteiger partial charge in [0.2, 0.25) is 5.95 Å². The van der Waals surface area contributed by atoms with Crippen LogP contribution in [0.5, 0.6) is 0 Å². The van der Waals surface area contributed by atoms with Gasteiger partial charge >= 0.3 is 0 Å². The first-order chi connectivity index (χ1) is 11.7. The van der Waals surface area contributed by atoms with Crippen molar-refractivity contribution in [3.8, 4) is 0 Å². The number of hydrogen-bond acceptors (Lipinski definition) is 8. The lowest BCUT2D eigenvalue weighted by atomic mass is 10.3. The summed E-state index contributed by atoms with van der Waals surface area (Å²) in [5.41, 5.74) is 7.43. The van der Waals surface area contributed by atoms with Gasteiger partial charge in [0, 0.05) is 44.6 Å². The lowest BCUT2D eigenvalue weighted by Crippen LogP contribution is -2.34. The Morgan fingerprint density at radius 3 is 3.00 bits per heavy atom. The van der Waals surface area contributed by atoms with Gasteiger partial charge in [0.05, 0.1) is 24.0 Å². The molecule has 4 rings (SSSR count). The highest BCUT2D eigenvalue weighted by atomic mass is 16.3. The second kappa shape index (κ2) is 6.06. The summed E-state index contributed by atoms with van der Waals surface area (Å²) >= 11 is 0. The van der Waals surface area contributed by atoms with Crippen molar-refractivity contribution in [1.29, 1.82) is 0 Å². The molecular formula is C14H19N9O. The Kier molecular flexibility index (Phi) is 3.75. The summed E-state index contributed by atoms with van der Waals surface area (Å²) in [4.78, 5) is 19.8. The number of nitrogen functional groups attached to an aromatic ring is 1. The van der Waals surface area contributed by atoms with Gasteiger partial charge in [-0.15, -0.1) is 0 Å². The lowest BCUT2D eigenvalue weighted by Gasteiger charge is -2.23. The highest BCUT2D eigenvalue weighted by Crippen LogP contribution is 2.24. The quantitative estimate of drug-likeness (QED) is 0.497. The molecule has 10 nitrogen and oxygen atoms in total. The summed E-state index contributed by atoms with van der Waals surface area (Å²) in [5.74, 6) is 0.892. The molecule has 0 amide bonds. The second-order valence-corrected chi connectivity index (χ2v) is 5.95. The average molecular weight is 329 g/mol. The van der Waals surface area contributed by atoms with Gasteiger partial charge < -0.3 is 20.7 Å². The van der Waals surface area contributed by atoms with Crippen LogP contribution in [0.4, 0.5) is 11.8 Å². The van der Waals surface area contributed by atoms with Crippen molar-refractivity contribution in [2.75, 3.05) is 36.8 Å². The van der Waals surface area contributed by atoms with Gasteiger partial charge in [0.1, 0.15) is 5.82 Å². The summed E-state index contributed by atoms with van der Waals surface area (Å²) in [5, 5.41) is 18.0. The van der Waals surface area contributed by atoms with E-state index in [1.54, 1.807) is 18.7 Å². The van der Waals surface area contributed by atoms with Gasteiger partial charge in [-0.3, -0.25) is 10.00 Å². The Bertz CT molecular complexity index is 815. The predicted molar refractivity (Wildman–Crippen MR) is 88.2 cm³/mol. The van der Waals surface area contributed by atoms with Gasteiger partial charge in [-0.2, -0.15) is 15.1 Å². The first-order valence-electron chi connectivity index (χ1n) is 7.78. The van der Waals surface area contributed by atoms with E-state index in [9.17, 15) is 5.11 Å². The Balaban J connectivity index is 1.57. The number of nitrogens with two attached hydrogens (primary N) is 1. The zero-order chi connectivity index (χ0) is 16.5. The Morgan fingerprint density at radius 2 is 2.17 bits per heavy atom. The Hall–Kier alpha value is -2.72.